The number of benzene rings is 1. The Labute approximate surface area is 106 Å². The molecule has 2 rings (SSSR count). The zero-order valence-corrected chi connectivity index (χ0v) is 11.2. The van der Waals surface area contributed by atoms with Gasteiger partial charge in [-0.25, -0.2) is 4.79 Å². The summed E-state index contributed by atoms with van der Waals surface area (Å²) < 4.78 is 2.16. The normalized spacial score (nSPS) is 10.9. The molecule has 5 heteroatoms. The fraction of sp³-hybridized carbons (Fsp3) is 0.273. The van der Waals surface area contributed by atoms with Crippen molar-refractivity contribution < 1.29 is 0 Å². The minimum atomic E-state index is -0.147. The molecule has 0 aliphatic rings. The molecule has 0 spiro atoms. The van der Waals surface area contributed by atoms with Crippen LogP contribution in [0.1, 0.15) is 12.5 Å². The van der Waals surface area contributed by atoms with Gasteiger partial charge in [-0.2, -0.15) is 0 Å². The van der Waals surface area contributed by atoms with E-state index in [-0.39, 0.29) is 5.69 Å². The first-order chi connectivity index (χ1) is 7.67. The highest BCUT2D eigenvalue weighted by molar-refractivity contribution is 9.08. The number of nitrogens with zero attached hydrogens (tertiary/aromatic N) is 1. The van der Waals surface area contributed by atoms with Gasteiger partial charge in [0.25, 0.3) is 0 Å². The number of aromatic amines is 1. The van der Waals surface area contributed by atoms with E-state index in [0.29, 0.717) is 11.2 Å². The van der Waals surface area contributed by atoms with Gasteiger partial charge in [0.1, 0.15) is 4.64 Å². The van der Waals surface area contributed by atoms with E-state index in [1.807, 2.05) is 25.1 Å². The van der Waals surface area contributed by atoms with Crippen LogP contribution in [0.15, 0.2) is 23.0 Å². The van der Waals surface area contributed by atoms with Gasteiger partial charge in [-0.3, -0.25) is 4.57 Å². The molecule has 1 aromatic heterocycles. The van der Waals surface area contributed by atoms with Crippen LogP contribution in [-0.4, -0.2) is 9.55 Å². The lowest BCUT2D eigenvalue weighted by molar-refractivity contribution is 0.699. The zero-order valence-electron chi connectivity index (χ0n) is 8.79. The van der Waals surface area contributed by atoms with Gasteiger partial charge in [0.05, 0.1) is 5.52 Å². The van der Waals surface area contributed by atoms with E-state index >= 15 is 0 Å². The van der Waals surface area contributed by atoms with E-state index < -0.39 is 0 Å². The molecule has 0 unspecified atom stereocenters. The first-order valence-electron chi connectivity index (χ1n) is 4.99. The van der Waals surface area contributed by atoms with Crippen molar-refractivity contribution in [3.63, 3.8) is 0 Å². The highest BCUT2D eigenvalue weighted by Crippen LogP contribution is 2.15. The fourth-order valence-corrected chi connectivity index (χ4v) is 2.41. The standard InChI is InChI=1S/C11H11BrN2OS/c1-2-14-10(16)8-4-3-7(6-12)5-9(8)13-11(14)15/h3-5H,2,6H2,1H3,(H,13,15). The number of alkyl halides is 1. The maximum Gasteiger partial charge on any atom is 0.326 e. The average Bonchev–Trinajstić information content (AvgIpc) is 2.28. The third kappa shape index (κ3) is 1.85. The molecular formula is C11H11BrN2OS. The third-order valence-corrected chi connectivity index (χ3v) is 3.60. The molecule has 1 aromatic carbocycles. The van der Waals surface area contributed by atoms with Gasteiger partial charge in [0.15, 0.2) is 0 Å². The minimum Gasteiger partial charge on any atom is -0.307 e. The number of halogens is 1. The van der Waals surface area contributed by atoms with Gasteiger partial charge in [-0.05, 0) is 24.6 Å². The molecular weight excluding hydrogens is 288 g/mol. The molecule has 0 saturated carbocycles. The zero-order chi connectivity index (χ0) is 11.7. The quantitative estimate of drug-likeness (QED) is 0.684. The van der Waals surface area contributed by atoms with Crippen molar-refractivity contribution in [2.75, 3.05) is 0 Å². The molecule has 1 N–H and O–H groups in total. The number of fused-ring (bicyclic) bond motifs is 1. The number of hydrogen-bond donors (Lipinski definition) is 1. The summed E-state index contributed by atoms with van der Waals surface area (Å²) in [5, 5.41) is 1.68. The van der Waals surface area contributed by atoms with Crippen molar-refractivity contribution in [2.45, 2.75) is 18.8 Å². The lowest BCUT2D eigenvalue weighted by Crippen LogP contribution is -2.22. The van der Waals surface area contributed by atoms with Crippen LogP contribution >= 0.6 is 28.1 Å². The van der Waals surface area contributed by atoms with Crippen LogP contribution in [0.2, 0.25) is 0 Å². The summed E-state index contributed by atoms with van der Waals surface area (Å²) in [4.78, 5) is 14.6. The largest absolute Gasteiger partial charge is 0.326 e. The molecule has 16 heavy (non-hydrogen) atoms. The van der Waals surface area contributed by atoms with Crippen LogP contribution in [0, 0.1) is 4.64 Å². The van der Waals surface area contributed by atoms with Crippen LogP contribution in [0.25, 0.3) is 10.9 Å². The molecule has 0 atom stereocenters. The molecule has 3 nitrogen and oxygen atoms in total. The van der Waals surface area contributed by atoms with E-state index in [0.717, 1.165) is 21.8 Å². The summed E-state index contributed by atoms with van der Waals surface area (Å²) in [7, 11) is 0. The van der Waals surface area contributed by atoms with Crippen LogP contribution in [0.4, 0.5) is 0 Å². The summed E-state index contributed by atoms with van der Waals surface area (Å²) in [5.74, 6) is 0. The Morgan fingerprint density at radius 1 is 1.50 bits per heavy atom. The molecule has 0 aliphatic heterocycles. The van der Waals surface area contributed by atoms with Gasteiger partial charge in [0.2, 0.25) is 0 Å². The second-order valence-electron chi connectivity index (χ2n) is 3.49. The Morgan fingerprint density at radius 3 is 2.88 bits per heavy atom. The minimum absolute atomic E-state index is 0.147. The maximum absolute atomic E-state index is 11.7. The predicted molar refractivity (Wildman–Crippen MR) is 71.7 cm³/mol. The first-order valence-corrected chi connectivity index (χ1v) is 6.52. The van der Waals surface area contributed by atoms with Gasteiger partial charge in [0, 0.05) is 17.3 Å². The Hall–Kier alpha value is -0.940. The first kappa shape index (κ1) is 11.5. The van der Waals surface area contributed by atoms with E-state index in [4.69, 9.17) is 12.2 Å². The van der Waals surface area contributed by atoms with E-state index in [2.05, 4.69) is 20.9 Å². The van der Waals surface area contributed by atoms with Gasteiger partial charge in [-0.15, -0.1) is 0 Å². The lowest BCUT2D eigenvalue weighted by atomic mass is 10.2. The van der Waals surface area contributed by atoms with Crippen molar-refractivity contribution in [3.05, 3.63) is 38.9 Å². The number of aromatic nitrogens is 2. The lowest BCUT2D eigenvalue weighted by Gasteiger charge is -2.06. The highest BCUT2D eigenvalue weighted by atomic mass is 79.9. The monoisotopic (exact) mass is 298 g/mol. The van der Waals surface area contributed by atoms with Crippen LogP contribution in [0.3, 0.4) is 0 Å². The Balaban J connectivity index is 2.87. The van der Waals surface area contributed by atoms with Crippen LogP contribution in [-0.2, 0) is 11.9 Å². The fourth-order valence-electron chi connectivity index (χ4n) is 1.67. The van der Waals surface area contributed by atoms with Gasteiger partial charge in [-0.1, -0.05) is 34.2 Å². The number of nitrogens with one attached hydrogen (secondary N) is 1. The summed E-state index contributed by atoms with van der Waals surface area (Å²) in [6.45, 7) is 2.49. The van der Waals surface area contributed by atoms with Crippen molar-refractivity contribution in [1.82, 2.24) is 9.55 Å². The smallest absolute Gasteiger partial charge is 0.307 e. The number of rotatable bonds is 2. The Kier molecular flexibility index (Phi) is 3.25. The highest BCUT2D eigenvalue weighted by Gasteiger charge is 2.03. The molecule has 0 amide bonds. The summed E-state index contributed by atoms with van der Waals surface area (Å²) in [6.07, 6.45) is 0. The third-order valence-electron chi connectivity index (χ3n) is 2.52. The average molecular weight is 299 g/mol. The van der Waals surface area contributed by atoms with Gasteiger partial charge >= 0.3 is 5.69 Å². The summed E-state index contributed by atoms with van der Waals surface area (Å²) >= 11 is 8.68. The Bertz CT molecular complexity index is 644. The van der Waals surface area contributed by atoms with Crippen molar-refractivity contribution in [1.29, 1.82) is 0 Å². The Morgan fingerprint density at radius 2 is 2.25 bits per heavy atom. The molecule has 0 bridgehead atoms. The number of hydrogen-bond acceptors (Lipinski definition) is 2. The summed E-state index contributed by atoms with van der Waals surface area (Å²) in [6, 6.07) is 5.91. The molecule has 84 valence electrons. The molecule has 2 aromatic rings. The van der Waals surface area contributed by atoms with Crippen molar-refractivity contribution >= 4 is 39.1 Å². The van der Waals surface area contributed by atoms with Gasteiger partial charge < -0.3 is 4.98 Å². The molecule has 0 radical (unpaired) electrons. The molecule has 0 fully saturated rings. The van der Waals surface area contributed by atoms with Crippen LogP contribution in [0.5, 0.6) is 0 Å². The SMILES string of the molecule is CCn1c(=O)[nH]c2cc(CBr)ccc2c1=S. The predicted octanol–water partition coefficient (Wildman–Crippen LogP) is 2.97. The maximum atomic E-state index is 11.7. The molecule has 1 heterocycles. The topological polar surface area (TPSA) is 37.8 Å². The number of H-pyrrole nitrogens is 1. The van der Waals surface area contributed by atoms with Crippen LogP contribution < -0.4 is 5.69 Å². The van der Waals surface area contributed by atoms with E-state index in [1.165, 1.54) is 0 Å². The van der Waals surface area contributed by atoms with Crippen molar-refractivity contribution in [3.8, 4) is 0 Å². The second-order valence-corrected chi connectivity index (χ2v) is 4.44. The molecule has 0 aliphatic carbocycles. The van der Waals surface area contributed by atoms with E-state index in [1.54, 1.807) is 4.57 Å². The second kappa shape index (κ2) is 4.51. The van der Waals surface area contributed by atoms with Crippen molar-refractivity contribution in [2.24, 2.45) is 0 Å². The molecule has 0 saturated heterocycles. The summed E-state index contributed by atoms with van der Waals surface area (Å²) in [5.41, 5.74) is 1.77. The van der Waals surface area contributed by atoms with E-state index in [9.17, 15) is 4.79 Å².